The second kappa shape index (κ2) is 10.8. The Morgan fingerprint density at radius 1 is 1.14 bits per heavy atom. The molecule has 2 aliphatic rings. The van der Waals surface area contributed by atoms with Crippen molar-refractivity contribution in [3.8, 4) is 0 Å². The zero-order chi connectivity index (χ0) is 20.5. The number of nitrogens with one attached hydrogen (secondary N) is 2. The van der Waals surface area contributed by atoms with Crippen LogP contribution in [-0.2, 0) is 9.59 Å². The fraction of sp³-hybridized carbons (Fsp3) is 0.591. The standard InChI is InChI=1S/C22H33N5O2/c1-2-23-22(24-13-9-15-26-14-8-4-7-12-20(26)28)25-18-16-21(29)27(17-18)19-10-5-3-6-11-19/h3,5-6,10-11,18H,2,4,7-9,12-17H2,1H3,(H2,23,24,25). The van der Waals surface area contributed by atoms with Crippen LogP contribution in [0.3, 0.4) is 0 Å². The Kier molecular flexibility index (Phi) is 7.90. The molecule has 0 radical (unpaired) electrons. The van der Waals surface area contributed by atoms with Crippen molar-refractivity contribution in [3.63, 3.8) is 0 Å². The van der Waals surface area contributed by atoms with Crippen LogP contribution in [0.25, 0.3) is 0 Å². The summed E-state index contributed by atoms with van der Waals surface area (Å²) in [4.78, 5) is 33.0. The van der Waals surface area contributed by atoms with E-state index in [1.54, 1.807) is 0 Å². The van der Waals surface area contributed by atoms with E-state index < -0.39 is 0 Å². The minimum absolute atomic E-state index is 0.0349. The van der Waals surface area contributed by atoms with Gasteiger partial charge in [-0.1, -0.05) is 24.6 Å². The summed E-state index contributed by atoms with van der Waals surface area (Å²) in [5.41, 5.74) is 0.936. The summed E-state index contributed by atoms with van der Waals surface area (Å²) in [6.07, 6.45) is 5.26. The SMILES string of the molecule is CCNC(=NCCCN1CCCCCC1=O)NC1CC(=O)N(c2ccccc2)C1. The lowest BCUT2D eigenvalue weighted by Crippen LogP contribution is -2.44. The van der Waals surface area contributed by atoms with Crippen molar-refractivity contribution >= 4 is 23.5 Å². The van der Waals surface area contributed by atoms with Crippen molar-refractivity contribution in [1.82, 2.24) is 15.5 Å². The number of nitrogens with zero attached hydrogens (tertiary/aromatic N) is 3. The van der Waals surface area contributed by atoms with Crippen molar-refractivity contribution in [2.45, 2.75) is 51.5 Å². The summed E-state index contributed by atoms with van der Waals surface area (Å²) in [5.74, 6) is 1.15. The molecule has 29 heavy (non-hydrogen) atoms. The number of carbonyl (C=O) groups is 2. The van der Waals surface area contributed by atoms with E-state index in [1.807, 2.05) is 47.1 Å². The second-order valence-electron chi connectivity index (χ2n) is 7.69. The number of para-hydroxylation sites is 1. The van der Waals surface area contributed by atoms with Crippen LogP contribution in [0.15, 0.2) is 35.3 Å². The van der Waals surface area contributed by atoms with Crippen molar-refractivity contribution in [2.75, 3.05) is 37.6 Å². The molecule has 0 aromatic heterocycles. The van der Waals surface area contributed by atoms with Gasteiger partial charge in [0.15, 0.2) is 5.96 Å². The van der Waals surface area contributed by atoms with Crippen LogP contribution in [0.2, 0.25) is 0 Å². The third-order valence-corrected chi connectivity index (χ3v) is 5.41. The predicted molar refractivity (Wildman–Crippen MR) is 116 cm³/mol. The van der Waals surface area contributed by atoms with Crippen LogP contribution in [0.5, 0.6) is 0 Å². The maximum Gasteiger partial charge on any atom is 0.229 e. The van der Waals surface area contributed by atoms with Gasteiger partial charge in [-0.25, -0.2) is 0 Å². The molecule has 7 nitrogen and oxygen atoms in total. The van der Waals surface area contributed by atoms with E-state index in [4.69, 9.17) is 0 Å². The van der Waals surface area contributed by atoms with E-state index in [1.165, 1.54) is 0 Å². The fourth-order valence-electron chi connectivity index (χ4n) is 3.90. The number of hydrogen-bond acceptors (Lipinski definition) is 3. The minimum Gasteiger partial charge on any atom is -0.357 e. The summed E-state index contributed by atoms with van der Waals surface area (Å²) in [5, 5.41) is 6.66. The van der Waals surface area contributed by atoms with Crippen LogP contribution in [0.1, 0.15) is 45.4 Å². The Morgan fingerprint density at radius 2 is 1.97 bits per heavy atom. The highest BCUT2D eigenvalue weighted by atomic mass is 16.2. The Hall–Kier alpha value is -2.57. The monoisotopic (exact) mass is 399 g/mol. The summed E-state index contributed by atoms with van der Waals surface area (Å²) in [7, 11) is 0. The third kappa shape index (κ3) is 6.21. The quantitative estimate of drug-likeness (QED) is 0.418. The number of rotatable bonds is 7. The van der Waals surface area contributed by atoms with Crippen molar-refractivity contribution in [3.05, 3.63) is 30.3 Å². The molecule has 0 bridgehead atoms. The van der Waals surface area contributed by atoms with Gasteiger partial charge in [0.25, 0.3) is 0 Å². The van der Waals surface area contributed by atoms with Gasteiger partial charge >= 0.3 is 0 Å². The number of aliphatic imine (C=N–C) groups is 1. The Balaban J connectivity index is 1.49. The van der Waals surface area contributed by atoms with Gasteiger partial charge < -0.3 is 20.4 Å². The first kappa shape index (κ1) is 21.1. The molecule has 1 aromatic carbocycles. The van der Waals surface area contributed by atoms with Gasteiger partial charge in [0.05, 0.1) is 6.04 Å². The first-order valence-corrected chi connectivity index (χ1v) is 10.9. The molecule has 2 amide bonds. The van der Waals surface area contributed by atoms with Gasteiger partial charge in [-0.2, -0.15) is 0 Å². The van der Waals surface area contributed by atoms with Gasteiger partial charge in [-0.05, 0) is 38.3 Å². The molecule has 0 spiro atoms. The van der Waals surface area contributed by atoms with E-state index in [0.717, 1.165) is 57.0 Å². The maximum absolute atomic E-state index is 12.4. The number of likely N-dealkylation sites (tertiary alicyclic amines) is 1. The first-order chi connectivity index (χ1) is 14.2. The highest BCUT2D eigenvalue weighted by Crippen LogP contribution is 2.21. The molecule has 0 aliphatic carbocycles. The minimum atomic E-state index is 0.0349. The highest BCUT2D eigenvalue weighted by molar-refractivity contribution is 5.97. The van der Waals surface area contributed by atoms with Crippen molar-refractivity contribution < 1.29 is 9.59 Å². The van der Waals surface area contributed by atoms with Crippen LogP contribution < -0.4 is 15.5 Å². The molecule has 7 heteroatoms. The summed E-state index contributed by atoms with van der Waals surface area (Å²) in [6, 6.07) is 9.81. The molecule has 1 unspecified atom stereocenters. The van der Waals surface area contributed by atoms with Crippen LogP contribution in [0, 0.1) is 0 Å². The summed E-state index contributed by atoms with van der Waals surface area (Å²) in [6.45, 7) is 5.73. The highest BCUT2D eigenvalue weighted by Gasteiger charge is 2.31. The lowest BCUT2D eigenvalue weighted by atomic mass is 10.2. The lowest BCUT2D eigenvalue weighted by molar-refractivity contribution is -0.130. The maximum atomic E-state index is 12.4. The van der Waals surface area contributed by atoms with Gasteiger partial charge in [-0.3, -0.25) is 14.6 Å². The molecular weight excluding hydrogens is 366 g/mol. The molecule has 1 atom stereocenters. The summed E-state index contributed by atoms with van der Waals surface area (Å²) < 4.78 is 0. The van der Waals surface area contributed by atoms with Crippen LogP contribution in [-0.4, -0.2) is 61.4 Å². The molecule has 158 valence electrons. The molecule has 2 N–H and O–H groups in total. The average Bonchev–Trinajstić information content (AvgIpc) is 2.96. The number of guanidine groups is 1. The van der Waals surface area contributed by atoms with Gasteiger partial charge in [0.2, 0.25) is 11.8 Å². The smallest absolute Gasteiger partial charge is 0.229 e. The number of benzene rings is 1. The average molecular weight is 400 g/mol. The van der Waals surface area contributed by atoms with Crippen LogP contribution in [0.4, 0.5) is 5.69 Å². The number of anilines is 1. The Bertz CT molecular complexity index is 706. The molecule has 1 aromatic rings. The van der Waals surface area contributed by atoms with Gasteiger partial charge in [0.1, 0.15) is 0 Å². The molecule has 0 saturated carbocycles. The van der Waals surface area contributed by atoms with Crippen LogP contribution >= 0.6 is 0 Å². The predicted octanol–water partition coefficient (Wildman–Crippen LogP) is 2.14. The largest absolute Gasteiger partial charge is 0.357 e. The zero-order valence-corrected chi connectivity index (χ0v) is 17.4. The molecule has 2 saturated heterocycles. The zero-order valence-electron chi connectivity index (χ0n) is 17.4. The van der Waals surface area contributed by atoms with Gasteiger partial charge in [-0.15, -0.1) is 0 Å². The van der Waals surface area contributed by atoms with Crippen molar-refractivity contribution in [2.24, 2.45) is 4.99 Å². The third-order valence-electron chi connectivity index (χ3n) is 5.41. The van der Waals surface area contributed by atoms with E-state index in [-0.39, 0.29) is 17.9 Å². The van der Waals surface area contributed by atoms with E-state index in [2.05, 4.69) is 15.6 Å². The molecule has 2 fully saturated rings. The molecule has 3 rings (SSSR count). The van der Waals surface area contributed by atoms with E-state index in [9.17, 15) is 9.59 Å². The molecule has 2 heterocycles. The van der Waals surface area contributed by atoms with E-state index >= 15 is 0 Å². The van der Waals surface area contributed by atoms with E-state index in [0.29, 0.717) is 25.9 Å². The number of amides is 2. The lowest BCUT2D eigenvalue weighted by Gasteiger charge is -2.20. The molecular formula is C22H33N5O2. The normalized spacial score (nSPS) is 20.7. The Labute approximate surface area is 173 Å². The topological polar surface area (TPSA) is 77.0 Å². The number of hydrogen-bond donors (Lipinski definition) is 2. The fourth-order valence-corrected chi connectivity index (χ4v) is 3.90. The summed E-state index contributed by atoms with van der Waals surface area (Å²) >= 11 is 0. The van der Waals surface area contributed by atoms with Gasteiger partial charge in [0, 0.05) is 51.3 Å². The second-order valence-corrected chi connectivity index (χ2v) is 7.69. The Morgan fingerprint density at radius 3 is 2.76 bits per heavy atom. The molecule has 2 aliphatic heterocycles. The first-order valence-electron chi connectivity index (χ1n) is 10.9. The van der Waals surface area contributed by atoms with Crippen molar-refractivity contribution in [1.29, 1.82) is 0 Å². The number of carbonyl (C=O) groups excluding carboxylic acids is 2.